The number of anilines is 1. The molecular formula is C17H22FN5OS. The van der Waals surface area contributed by atoms with Crippen LogP contribution in [0.5, 0.6) is 0 Å². The Morgan fingerprint density at radius 2 is 2.08 bits per heavy atom. The smallest absolute Gasteiger partial charge is 0.230 e. The number of benzene rings is 1. The molecule has 1 unspecified atom stereocenters. The zero-order valence-corrected chi connectivity index (χ0v) is 15.1. The van der Waals surface area contributed by atoms with Gasteiger partial charge in [0.2, 0.25) is 11.9 Å². The number of rotatable bonds is 8. The molecule has 0 bridgehead atoms. The molecule has 0 spiro atoms. The van der Waals surface area contributed by atoms with Crippen LogP contribution in [0.25, 0.3) is 0 Å². The van der Waals surface area contributed by atoms with Gasteiger partial charge in [0.1, 0.15) is 5.82 Å². The lowest BCUT2D eigenvalue weighted by atomic mass is 9.96. The summed E-state index contributed by atoms with van der Waals surface area (Å²) in [4.78, 5) is 12.3. The lowest BCUT2D eigenvalue weighted by molar-refractivity contribution is -0.119. The zero-order valence-electron chi connectivity index (χ0n) is 14.3. The Labute approximate surface area is 150 Å². The molecule has 6 nitrogen and oxygen atoms in total. The second-order valence-corrected chi connectivity index (χ2v) is 6.81. The summed E-state index contributed by atoms with van der Waals surface area (Å²) < 4.78 is 14.8. The van der Waals surface area contributed by atoms with Crippen LogP contribution in [0.4, 0.5) is 10.3 Å². The fourth-order valence-electron chi connectivity index (χ4n) is 2.36. The molecule has 0 aliphatic carbocycles. The molecule has 25 heavy (non-hydrogen) atoms. The van der Waals surface area contributed by atoms with E-state index >= 15 is 0 Å². The number of nitrogen functional groups attached to an aromatic ring is 1. The van der Waals surface area contributed by atoms with Gasteiger partial charge in [-0.15, -0.1) is 16.8 Å². The second-order valence-electron chi connectivity index (χ2n) is 5.87. The van der Waals surface area contributed by atoms with E-state index in [1.54, 1.807) is 22.8 Å². The highest BCUT2D eigenvalue weighted by Crippen LogP contribution is 2.23. The standard InChI is InChI=1S/C17H22FN5OS/c1-4-9-23-16(19)21-22-17(23)25-10-14(24)20-15(11(2)3)12-5-7-13(18)8-6-12/h4-8,11,15H,1,9-10H2,2-3H3,(H2,19,21)(H,20,24). The van der Waals surface area contributed by atoms with Crippen LogP contribution in [-0.4, -0.2) is 26.4 Å². The van der Waals surface area contributed by atoms with Crippen LogP contribution >= 0.6 is 11.8 Å². The predicted octanol–water partition coefficient (Wildman–Crippen LogP) is 2.79. The van der Waals surface area contributed by atoms with Gasteiger partial charge in [0.05, 0.1) is 11.8 Å². The molecule has 0 aliphatic heterocycles. The highest BCUT2D eigenvalue weighted by molar-refractivity contribution is 7.99. The van der Waals surface area contributed by atoms with Gasteiger partial charge in [0, 0.05) is 6.54 Å². The number of halogens is 1. The van der Waals surface area contributed by atoms with Crippen molar-refractivity contribution in [1.82, 2.24) is 20.1 Å². The largest absolute Gasteiger partial charge is 0.368 e. The number of nitrogens with zero attached hydrogens (tertiary/aromatic N) is 3. The Morgan fingerprint density at radius 3 is 2.68 bits per heavy atom. The first-order chi connectivity index (χ1) is 11.9. The summed E-state index contributed by atoms with van der Waals surface area (Å²) in [5.41, 5.74) is 6.61. The third-order valence-electron chi connectivity index (χ3n) is 3.60. The van der Waals surface area contributed by atoms with E-state index in [0.29, 0.717) is 11.7 Å². The Kier molecular flexibility index (Phi) is 6.58. The molecule has 2 aromatic rings. The fourth-order valence-corrected chi connectivity index (χ4v) is 3.12. The van der Waals surface area contributed by atoms with Crippen molar-refractivity contribution in [2.45, 2.75) is 31.6 Å². The molecule has 1 amide bonds. The quantitative estimate of drug-likeness (QED) is 0.556. The van der Waals surface area contributed by atoms with Crippen molar-refractivity contribution in [2.24, 2.45) is 5.92 Å². The molecule has 8 heteroatoms. The number of amides is 1. The number of aromatic nitrogens is 3. The molecule has 1 heterocycles. The van der Waals surface area contributed by atoms with E-state index in [9.17, 15) is 9.18 Å². The third kappa shape index (κ3) is 5.06. The van der Waals surface area contributed by atoms with Crippen molar-refractivity contribution in [3.63, 3.8) is 0 Å². The maximum atomic E-state index is 13.1. The maximum absolute atomic E-state index is 13.1. The number of hydrogen-bond acceptors (Lipinski definition) is 5. The van der Waals surface area contributed by atoms with Gasteiger partial charge in [-0.1, -0.05) is 43.8 Å². The molecule has 1 aromatic heterocycles. The molecule has 3 N–H and O–H groups in total. The van der Waals surface area contributed by atoms with Crippen molar-refractivity contribution in [2.75, 3.05) is 11.5 Å². The first kappa shape index (κ1) is 19.0. The number of nitrogens with two attached hydrogens (primary N) is 1. The first-order valence-corrected chi connectivity index (χ1v) is 8.88. The number of carbonyl (C=O) groups is 1. The molecular weight excluding hydrogens is 341 g/mol. The minimum Gasteiger partial charge on any atom is -0.368 e. The third-order valence-corrected chi connectivity index (χ3v) is 4.57. The summed E-state index contributed by atoms with van der Waals surface area (Å²) in [5, 5.41) is 11.3. The molecule has 1 atom stereocenters. The van der Waals surface area contributed by atoms with E-state index < -0.39 is 0 Å². The van der Waals surface area contributed by atoms with Crippen LogP contribution < -0.4 is 11.1 Å². The van der Waals surface area contributed by atoms with Crippen molar-refractivity contribution in [3.05, 3.63) is 48.3 Å². The van der Waals surface area contributed by atoms with Crippen LogP contribution in [0.3, 0.4) is 0 Å². The summed E-state index contributed by atoms with van der Waals surface area (Å²) in [7, 11) is 0. The van der Waals surface area contributed by atoms with E-state index in [1.165, 1.54) is 23.9 Å². The highest BCUT2D eigenvalue weighted by atomic mass is 32.2. The van der Waals surface area contributed by atoms with Gasteiger partial charge in [0.15, 0.2) is 5.16 Å². The van der Waals surface area contributed by atoms with Gasteiger partial charge in [-0.05, 0) is 23.6 Å². The Bertz CT molecular complexity index is 729. The number of thioether (sulfide) groups is 1. The van der Waals surface area contributed by atoms with Crippen LogP contribution in [0.2, 0.25) is 0 Å². The van der Waals surface area contributed by atoms with Crippen molar-refractivity contribution in [3.8, 4) is 0 Å². The molecule has 134 valence electrons. The number of nitrogens with one attached hydrogen (secondary N) is 1. The molecule has 0 saturated carbocycles. The highest BCUT2D eigenvalue weighted by Gasteiger charge is 2.19. The first-order valence-electron chi connectivity index (χ1n) is 7.89. The minimum atomic E-state index is -0.299. The topological polar surface area (TPSA) is 85.8 Å². The van der Waals surface area contributed by atoms with Gasteiger partial charge in [-0.25, -0.2) is 4.39 Å². The SMILES string of the molecule is C=CCn1c(N)nnc1SCC(=O)NC(c1ccc(F)cc1)C(C)C. The summed E-state index contributed by atoms with van der Waals surface area (Å²) in [6.07, 6.45) is 1.69. The average molecular weight is 363 g/mol. The van der Waals surface area contributed by atoms with E-state index in [-0.39, 0.29) is 35.4 Å². The summed E-state index contributed by atoms with van der Waals surface area (Å²) in [6, 6.07) is 5.98. The predicted molar refractivity (Wildman–Crippen MR) is 97.5 cm³/mol. The molecule has 1 aromatic carbocycles. The van der Waals surface area contributed by atoms with Crippen molar-refractivity contribution >= 4 is 23.6 Å². The van der Waals surface area contributed by atoms with Gasteiger partial charge in [-0.3, -0.25) is 9.36 Å². The molecule has 0 radical (unpaired) electrons. The normalized spacial score (nSPS) is 12.2. The number of carbonyl (C=O) groups excluding carboxylic acids is 1. The monoisotopic (exact) mass is 363 g/mol. The Morgan fingerprint density at radius 1 is 1.40 bits per heavy atom. The van der Waals surface area contributed by atoms with Gasteiger partial charge >= 0.3 is 0 Å². The summed E-state index contributed by atoms with van der Waals surface area (Å²) in [6.45, 7) is 8.15. The minimum absolute atomic E-state index is 0.139. The number of hydrogen-bond donors (Lipinski definition) is 2. The van der Waals surface area contributed by atoms with Crippen molar-refractivity contribution in [1.29, 1.82) is 0 Å². The zero-order chi connectivity index (χ0) is 18.4. The molecule has 0 fully saturated rings. The van der Waals surface area contributed by atoms with Crippen LogP contribution in [0, 0.1) is 11.7 Å². The van der Waals surface area contributed by atoms with E-state index in [4.69, 9.17) is 5.73 Å². The lowest BCUT2D eigenvalue weighted by Gasteiger charge is -2.23. The van der Waals surface area contributed by atoms with E-state index in [0.717, 1.165) is 5.56 Å². The van der Waals surface area contributed by atoms with Gasteiger partial charge < -0.3 is 11.1 Å². The molecule has 2 rings (SSSR count). The van der Waals surface area contributed by atoms with E-state index in [2.05, 4.69) is 22.1 Å². The van der Waals surface area contributed by atoms with Crippen LogP contribution in [-0.2, 0) is 11.3 Å². The van der Waals surface area contributed by atoms with Gasteiger partial charge in [-0.2, -0.15) is 0 Å². The molecule has 0 saturated heterocycles. The Hall–Kier alpha value is -2.35. The summed E-state index contributed by atoms with van der Waals surface area (Å²) in [5.74, 6) is 0.195. The fraction of sp³-hybridized carbons (Fsp3) is 0.353. The summed E-state index contributed by atoms with van der Waals surface area (Å²) >= 11 is 1.26. The van der Waals surface area contributed by atoms with E-state index in [1.807, 2.05) is 13.8 Å². The average Bonchev–Trinajstić information content (AvgIpc) is 2.92. The van der Waals surface area contributed by atoms with Crippen LogP contribution in [0.15, 0.2) is 42.1 Å². The second kappa shape index (κ2) is 8.66. The lowest BCUT2D eigenvalue weighted by Crippen LogP contribution is -2.33. The maximum Gasteiger partial charge on any atom is 0.230 e. The Balaban J connectivity index is 2.00. The van der Waals surface area contributed by atoms with Crippen LogP contribution in [0.1, 0.15) is 25.5 Å². The van der Waals surface area contributed by atoms with Gasteiger partial charge in [0.25, 0.3) is 0 Å². The molecule has 0 aliphatic rings. The van der Waals surface area contributed by atoms with Crippen molar-refractivity contribution < 1.29 is 9.18 Å². The number of allylic oxidation sites excluding steroid dienone is 1.